The highest BCUT2D eigenvalue weighted by atomic mass is 16.2. The van der Waals surface area contributed by atoms with E-state index in [0.717, 1.165) is 19.3 Å². The first-order chi connectivity index (χ1) is 9.10. The minimum absolute atomic E-state index is 0.0179. The molecule has 0 spiro atoms. The SMILES string of the molecule is CC(C)(C)CC(C)(C)N1CCC(=O)NC(C2CC2)C1=O. The van der Waals surface area contributed by atoms with Crippen molar-refractivity contribution < 1.29 is 9.59 Å². The van der Waals surface area contributed by atoms with Gasteiger partial charge in [-0.05, 0) is 44.4 Å². The first-order valence-corrected chi connectivity index (χ1v) is 7.71. The van der Waals surface area contributed by atoms with E-state index < -0.39 is 0 Å². The molecule has 1 unspecified atom stereocenters. The highest BCUT2D eigenvalue weighted by molar-refractivity contribution is 5.90. The molecule has 2 amide bonds. The summed E-state index contributed by atoms with van der Waals surface area (Å²) in [6, 6.07) is -0.288. The number of rotatable bonds is 3. The summed E-state index contributed by atoms with van der Waals surface area (Å²) < 4.78 is 0. The molecule has 1 heterocycles. The van der Waals surface area contributed by atoms with Gasteiger partial charge < -0.3 is 10.2 Å². The Labute approximate surface area is 122 Å². The molecule has 0 bridgehead atoms. The van der Waals surface area contributed by atoms with Crippen molar-refractivity contribution in [3.8, 4) is 0 Å². The average molecular weight is 280 g/mol. The molecule has 0 radical (unpaired) electrons. The van der Waals surface area contributed by atoms with E-state index in [1.165, 1.54) is 0 Å². The molecule has 1 aliphatic carbocycles. The lowest BCUT2D eigenvalue weighted by Crippen LogP contribution is -2.54. The van der Waals surface area contributed by atoms with Crippen LogP contribution < -0.4 is 5.32 Å². The van der Waals surface area contributed by atoms with E-state index in [0.29, 0.717) is 18.9 Å². The van der Waals surface area contributed by atoms with E-state index in [2.05, 4.69) is 39.9 Å². The monoisotopic (exact) mass is 280 g/mol. The first-order valence-electron chi connectivity index (χ1n) is 7.71. The van der Waals surface area contributed by atoms with E-state index in [4.69, 9.17) is 0 Å². The minimum atomic E-state index is -0.288. The molecular weight excluding hydrogens is 252 g/mol. The number of nitrogens with one attached hydrogen (secondary N) is 1. The van der Waals surface area contributed by atoms with Crippen molar-refractivity contribution in [3.63, 3.8) is 0 Å². The topological polar surface area (TPSA) is 49.4 Å². The molecule has 0 aromatic heterocycles. The van der Waals surface area contributed by atoms with Crippen molar-refractivity contribution in [1.82, 2.24) is 10.2 Å². The summed E-state index contributed by atoms with van der Waals surface area (Å²) in [6.45, 7) is 11.4. The summed E-state index contributed by atoms with van der Waals surface area (Å²) in [4.78, 5) is 26.6. The van der Waals surface area contributed by atoms with Crippen molar-refractivity contribution in [2.75, 3.05) is 6.54 Å². The highest BCUT2D eigenvalue weighted by Gasteiger charge is 2.45. The fraction of sp³-hybridized carbons (Fsp3) is 0.875. The lowest BCUT2D eigenvalue weighted by molar-refractivity contribution is -0.139. The van der Waals surface area contributed by atoms with Crippen LogP contribution in [0.1, 0.15) is 60.3 Å². The molecule has 114 valence electrons. The van der Waals surface area contributed by atoms with Crippen LogP contribution in [0.4, 0.5) is 0 Å². The predicted octanol–water partition coefficient (Wildman–Crippen LogP) is 2.33. The molecule has 20 heavy (non-hydrogen) atoms. The zero-order valence-corrected chi connectivity index (χ0v) is 13.5. The van der Waals surface area contributed by atoms with Crippen molar-refractivity contribution in [2.45, 2.75) is 71.9 Å². The molecule has 1 saturated carbocycles. The summed E-state index contributed by atoms with van der Waals surface area (Å²) in [5, 5.41) is 2.93. The summed E-state index contributed by atoms with van der Waals surface area (Å²) in [5.74, 6) is 0.495. The molecule has 1 aliphatic heterocycles. The Morgan fingerprint density at radius 3 is 2.25 bits per heavy atom. The number of hydrogen-bond donors (Lipinski definition) is 1. The van der Waals surface area contributed by atoms with Gasteiger partial charge in [0, 0.05) is 18.5 Å². The van der Waals surface area contributed by atoms with Crippen LogP contribution in [0.5, 0.6) is 0 Å². The zero-order chi connectivity index (χ0) is 15.1. The van der Waals surface area contributed by atoms with Crippen LogP contribution >= 0.6 is 0 Å². The molecule has 0 aromatic rings. The van der Waals surface area contributed by atoms with Gasteiger partial charge in [0.15, 0.2) is 0 Å². The molecule has 4 heteroatoms. The summed E-state index contributed by atoms with van der Waals surface area (Å²) in [5.41, 5.74) is -0.0582. The molecule has 1 atom stereocenters. The molecule has 2 rings (SSSR count). The van der Waals surface area contributed by atoms with E-state index in [1.54, 1.807) is 0 Å². The lowest BCUT2D eigenvalue weighted by Gasteiger charge is -2.42. The second kappa shape index (κ2) is 5.05. The van der Waals surface area contributed by atoms with Crippen LogP contribution in [0.15, 0.2) is 0 Å². The number of hydrogen-bond acceptors (Lipinski definition) is 2. The van der Waals surface area contributed by atoms with Gasteiger partial charge in [-0.15, -0.1) is 0 Å². The maximum absolute atomic E-state index is 12.8. The zero-order valence-electron chi connectivity index (χ0n) is 13.5. The number of amides is 2. The Balaban J connectivity index is 2.19. The van der Waals surface area contributed by atoms with E-state index in [-0.39, 0.29) is 28.8 Å². The van der Waals surface area contributed by atoms with Gasteiger partial charge in [0.2, 0.25) is 11.8 Å². The summed E-state index contributed by atoms with van der Waals surface area (Å²) >= 11 is 0. The van der Waals surface area contributed by atoms with Crippen molar-refractivity contribution >= 4 is 11.8 Å². The van der Waals surface area contributed by atoms with Gasteiger partial charge in [0.25, 0.3) is 0 Å². The Kier molecular flexibility index (Phi) is 3.87. The third-order valence-corrected chi connectivity index (χ3v) is 4.20. The molecule has 1 N–H and O–H groups in total. The Hall–Kier alpha value is -1.06. The van der Waals surface area contributed by atoms with Crippen LogP contribution in [0.25, 0.3) is 0 Å². The maximum atomic E-state index is 12.8. The normalized spacial score (nSPS) is 25.4. The van der Waals surface area contributed by atoms with E-state index in [1.807, 2.05) is 4.90 Å². The fourth-order valence-corrected chi connectivity index (χ4v) is 3.54. The predicted molar refractivity (Wildman–Crippen MR) is 79.1 cm³/mol. The molecule has 4 nitrogen and oxygen atoms in total. The van der Waals surface area contributed by atoms with E-state index in [9.17, 15) is 9.59 Å². The minimum Gasteiger partial charge on any atom is -0.344 e. The average Bonchev–Trinajstić information content (AvgIpc) is 3.04. The van der Waals surface area contributed by atoms with Gasteiger partial charge in [-0.25, -0.2) is 0 Å². The third-order valence-electron chi connectivity index (χ3n) is 4.20. The summed E-state index contributed by atoms with van der Waals surface area (Å²) in [7, 11) is 0. The van der Waals surface area contributed by atoms with Gasteiger partial charge in [-0.1, -0.05) is 20.8 Å². The Morgan fingerprint density at radius 1 is 1.15 bits per heavy atom. The third kappa shape index (κ3) is 3.53. The highest BCUT2D eigenvalue weighted by Crippen LogP contribution is 2.37. The van der Waals surface area contributed by atoms with Crippen molar-refractivity contribution in [3.05, 3.63) is 0 Å². The van der Waals surface area contributed by atoms with Gasteiger partial charge >= 0.3 is 0 Å². The van der Waals surface area contributed by atoms with E-state index >= 15 is 0 Å². The smallest absolute Gasteiger partial charge is 0.245 e. The van der Waals surface area contributed by atoms with Gasteiger partial charge in [0.1, 0.15) is 6.04 Å². The molecule has 0 aromatic carbocycles. The van der Waals surface area contributed by atoms with Crippen LogP contribution in [0.2, 0.25) is 0 Å². The van der Waals surface area contributed by atoms with Crippen molar-refractivity contribution in [1.29, 1.82) is 0 Å². The standard InChI is InChI=1S/C16H28N2O2/c1-15(2,3)10-16(4,5)18-9-8-12(19)17-13(14(18)20)11-6-7-11/h11,13H,6-10H2,1-5H3,(H,17,19). The second-order valence-corrected chi connectivity index (χ2v) is 8.17. The first kappa shape index (κ1) is 15.3. The number of carbonyl (C=O) groups excluding carboxylic acids is 2. The van der Waals surface area contributed by atoms with Gasteiger partial charge in [-0.3, -0.25) is 9.59 Å². The van der Waals surface area contributed by atoms with Gasteiger partial charge in [-0.2, -0.15) is 0 Å². The Bertz CT molecular complexity index is 405. The maximum Gasteiger partial charge on any atom is 0.245 e. The van der Waals surface area contributed by atoms with Crippen LogP contribution in [0, 0.1) is 11.3 Å². The summed E-state index contributed by atoms with van der Waals surface area (Å²) in [6.07, 6.45) is 3.47. The largest absolute Gasteiger partial charge is 0.344 e. The van der Waals surface area contributed by atoms with Crippen LogP contribution in [-0.4, -0.2) is 34.8 Å². The van der Waals surface area contributed by atoms with Gasteiger partial charge in [0.05, 0.1) is 0 Å². The van der Waals surface area contributed by atoms with Crippen LogP contribution in [0.3, 0.4) is 0 Å². The number of nitrogens with zero attached hydrogens (tertiary/aromatic N) is 1. The van der Waals surface area contributed by atoms with Crippen molar-refractivity contribution in [2.24, 2.45) is 11.3 Å². The van der Waals surface area contributed by atoms with Crippen LogP contribution in [-0.2, 0) is 9.59 Å². The lowest BCUT2D eigenvalue weighted by atomic mass is 9.80. The molecule has 1 saturated heterocycles. The molecular formula is C16H28N2O2. The Morgan fingerprint density at radius 2 is 1.75 bits per heavy atom. The molecule has 2 fully saturated rings. The number of carbonyl (C=O) groups is 2. The fourth-order valence-electron chi connectivity index (χ4n) is 3.54. The quantitative estimate of drug-likeness (QED) is 0.862. The molecule has 2 aliphatic rings. The second-order valence-electron chi connectivity index (χ2n) is 8.17.